The highest BCUT2D eigenvalue weighted by Crippen LogP contribution is 2.34. The number of carboxylic acids is 1. The van der Waals surface area contributed by atoms with Crippen LogP contribution in [0.5, 0.6) is 0 Å². The Morgan fingerprint density at radius 3 is 1.88 bits per heavy atom. The summed E-state index contributed by atoms with van der Waals surface area (Å²) in [7, 11) is 0. The van der Waals surface area contributed by atoms with Crippen LogP contribution in [-0.2, 0) is 14.4 Å². The van der Waals surface area contributed by atoms with Crippen molar-refractivity contribution < 1.29 is 19.5 Å². The van der Waals surface area contributed by atoms with Gasteiger partial charge in [0, 0.05) is 6.54 Å². The van der Waals surface area contributed by atoms with Crippen molar-refractivity contribution in [1.29, 1.82) is 0 Å². The van der Waals surface area contributed by atoms with Crippen molar-refractivity contribution in [2.45, 2.75) is 25.3 Å². The minimum Gasteiger partial charge on any atom is -0.480 e. The van der Waals surface area contributed by atoms with Crippen LogP contribution in [0.1, 0.15) is 30.4 Å². The zero-order chi connectivity index (χ0) is 28.5. The molecule has 2 aliphatic heterocycles. The van der Waals surface area contributed by atoms with Gasteiger partial charge in [-0.25, -0.2) is 4.79 Å². The Morgan fingerprint density at radius 1 is 0.800 bits per heavy atom. The van der Waals surface area contributed by atoms with Gasteiger partial charge in [-0.1, -0.05) is 133 Å². The normalized spacial score (nSPS) is 18.8. The molecule has 2 aromatic carbocycles. The predicted octanol–water partition coefficient (Wildman–Crippen LogP) is 6.53. The number of benzene rings is 2. The molecule has 204 valence electrons. The number of carbonyl (C=O) groups excluding carboxylic acids is 2. The van der Waals surface area contributed by atoms with Crippen LogP contribution in [-0.4, -0.2) is 53.9 Å². The van der Waals surface area contributed by atoms with Gasteiger partial charge in [-0.05, 0) is 42.5 Å². The van der Waals surface area contributed by atoms with Gasteiger partial charge in [0.1, 0.15) is 14.7 Å². The smallest absolute Gasteiger partial charge is 0.326 e. The average molecular weight is 607 g/mol. The van der Waals surface area contributed by atoms with Crippen LogP contribution < -0.4 is 0 Å². The number of unbranched alkanes of at least 4 members (excludes halogenated alkanes) is 1. The third kappa shape index (κ3) is 7.66. The number of allylic oxidation sites excluding steroid dienone is 4. The highest BCUT2D eigenvalue weighted by atomic mass is 32.2. The van der Waals surface area contributed by atoms with Gasteiger partial charge in [0.2, 0.25) is 0 Å². The molecule has 2 amide bonds. The molecule has 0 saturated carbocycles. The van der Waals surface area contributed by atoms with Crippen molar-refractivity contribution in [1.82, 2.24) is 9.80 Å². The number of aliphatic carboxylic acids is 1. The molecule has 0 bridgehead atoms. The van der Waals surface area contributed by atoms with Crippen molar-refractivity contribution in [3.05, 3.63) is 106 Å². The molecule has 0 spiro atoms. The fourth-order valence-corrected chi connectivity index (χ4v) is 6.63. The van der Waals surface area contributed by atoms with Crippen molar-refractivity contribution in [3.8, 4) is 0 Å². The Bertz CT molecular complexity index is 1420. The summed E-state index contributed by atoms with van der Waals surface area (Å²) in [5.74, 6) is -1.69. The van der Waals surface area contributed by atoms with Crippen LogP contribution in [0.2, 0.25) is 0 Å². The van der Waals surface area contributed by atoms with Crippen LogP contribution in [0.4, 0.5) is 0 Å². The van der Waals surface area contributed by atoms with E-state index in [-0.39, 0.29) is 16.6 Å². The summed E-state index contributed by atoms with van der Waals surface area (Å²) in [4.78, 5) is 41.6. The summed E-state index contributed by atoms with van der Waals surface area (Å²) < 4.78 is 0.701. The molecule has 1 N–H and O–H groups in total. The second kappa shape index (κ2) is 14.4. The Morgan fingerprint density at radius 2 is 1.32 bits per heavy atom. The molecule has 1 atom stereocenters. The summed E-state index contributed by atoms with van der Waals surface area (Å²) in [6.45, 7) is 0.374. The molecule has 0 aliphatic carbocycles. The summed E-state index contributed by atoms with van der Waals surface area (Å²) in [6, 6.07) is 18.3. The number of carboxylic acid groups (broad SMARTS) is 1. The van der Waals surface area contributed by atoms with Gasteiger partial charge in [-0.2, -0.15) is 0 Å². The zero-order valence-corrected chi connectivity index (χ0v) is 24.6. The molecule has 2 heterocycles. The zero-order valence-electron chi connectivity index (χ0n) is 21.3. The largest absolute Gasteiger partial charge is 0.480 e. The number of hydrogen-bond donors (Lipinski definition) is 1. The first-order chi connectivity index (χ1) is 19.3. The van der Waals surface area contributed by atoms with E-state index in [9.17, 15) is 19.5 Å². The molecule has 2 aliphatic rings. The second-order valence-electron chi connectivity index (χ2n) is 8.82. The van der Waals surface area contributed by atoms with Crippen LogP contribution in [0, 0.1) is 0 Å². The number of thiocarbonyl (C=S) groups is 2. The number of nitrogens with zero attached hydrogens (tertiary/aromatic N) is 2. The molecule has 2 fully saturated rings. The molecule has 40 heavy (non-hydrogen) atoms. The molecule has 1 unspecified atom stereocenters. The Balaban J connectivity index is 1.30. The summed E-state index contributed by atoms with van der Waals surface area (Å²) in [6.07, 6.45) is 12.0. The van der Waals surface area contributed by atoms with E-state index in [4.69, 9.17) is 24.4 Å². The monoisotopic (exact) mass is 606 g/mol. The van der Waals surface area contributed by atoms with E-state index in [0.717, 1.165) is 22.9 Å². The van der Waals surface area contributed by atoms with E-state index in [1.54, 1.807) is 23.1 Å². The van der Waals surface area contributed by atoms with E-state index in [1.807, 2.05) is 78.9 Å². The van der Waals surface area contributed by atoms with Gasteiger partial charge in [0.05, 0.1) is 9.81 Å². The van der Waals surface area contributed by atoms with Crippen LogP contribution in [0.3, 0.4) is 0 Å². The lowest BCUT2D eigenvalue weighted by molar-refractivity contribution is -0.145. The number of amides is 2. The minimum atomic E-state index is -1.11. The quantitative estimate of drug-likeness (QED) is 0.176. The fraction of sp³-hybridized carbons (Fsp3) is 0.167. The fourth-order valence-electron chi connectivity index (χ4n) is 4.06. The number of hydrogen-bond acceptors (Lipinski definition) is 7. The molecular formula is C30H26N2O4S4. The van der Waals surface area contributed by atoms with Gasteiger partial charge in [-0.3, -0.25) is 19.4 Å². The summed E-state index contributed by atoms with van der Waals surface area (Å²) in [5.41, 5.74) is 2.01. The van der Waals surface area contributed by atoms with Crippen LogP contribution in [0.25, 0.3) is 12.2 Å². The highest BCUT2D eigenvalue weighted by Gasteiger charge is 2.40. The topological polar surface area (TPSA) is 77.9 Å². The molecule has 2 saturated heterocycles. The molecule has 0 radical (unpaired) electrons. The Kier molecular flexibility index (Phi) is 10.7. The van der Waals surface area contributed by atoms with E-state index < -0.39 is 17.9 Å². The van der Waals surface area contributed by atoms with E-state index in [1.165, 1.54) is 16.7 Å². The first-order valence-corrected chi connectivity index (χ1v) is 15.0. The molecule has 0 aromatic heterocycles. The van der Waals surface area contributed by atoms with E-state index in [0.29, 0.717) is 33.5 Å². The second-order valence-corrected chi connectivity index (χ2v) is 12.2. The first kappa shape index (κ1) is 29.7. The van der Waals surface area contributed by atoms with E-state index in [2.05, 4.69) is 0 Å². The predicted molar refractivity (Wildman–Crippen MR) is 171 cm³/mol. The number of rotatable bonds is 11. The van der Waals surface area contributed by atoms with Crippen molar-refractivity contribution in [3.63, 3.8) is 0 Å². The summed E-state index contributed by atoms with van der Waals surface area (Å²) >= 11 is 13.1. The maximum absolute atomic E-state index is 13.0. The third-order valence-corrected chi connectivity index (χ3v) is 8.82. The van der Waals surface area contributed by atoms with Gasteiger partial charge >= 0.3 is 5.97 Å². The first-order valence-electron chi connectivity index (χ1n) is 12.5. The van der Waals surface area contributed by atoms with Crippen molar-refractivity contribution >= 4 is 86.5 Å². The van der Waals surface area contributed by atoms with Crippen LogP contribution in [0.15, 0.2) is 94.8 Å². The molecule has 2 aromatic rings. The Labute approximate surface area is 252 Å². The van der Waals surface area contributed by atoms with E-state index >= 15 is 0 Å². The van der Waals surface area contributed by atoms with Crippen LogP contribution >= 0.6 is 48.0 Å². The molecule has 6 nitrogen and oxygen atoms in total. The van der Waals surface area contributed by atoms with Gasteiger partial charge in [0.15, 0.2) is 0 Å². The lowest BCUT2D eigenvalue weighted by Gasteiger charge is -2.23. The number of carbonyl (C=O) groups is 3. The summed E-state index contributed by atoms with van der Waals surface area (Å²) in [5, 5.41) is 9.88. The van der Waals surface area contributed by atoms with Gasteiger partial charge < -0.3 is 5.11 Å². The van der Waals surface area contributed by atoms with Crippen molar-refractivity contribution in [2.75, 3.05) is 6.54 Å². The lowest BCUT2D eigenvalue weighted by Crippen LogP contribution is -2.44. The average Bonchev–Trinajstić information content (AvgIpc) is 3.38. The maximum atomic E-state index is 13.0. The number of thioether (sulfide) groups is 2. The van der Waals surface area contributed by atoms with Gasteiger partial charge in [-0.15, -0.1) is 0 Å². The van der Waals surface area contributed by atoms with Gasteiger partial charge in [0.25, 0.3) is 11.8 Å². The minimum absolute atomic E-state index is 0.159. The Hall–Kier alpha value is -3.31. The SMILES string of the molecule is O=C(O)C(CCCCN1C(=O)/C(=C\C=C/c2ccccc2)SC1=S)N1C(=O)/C(=C\C=C\c2ccccc2)SC1=S. The molecule has 10 heteroatoms. The highest BCUT2D eigenvalue weighted by molar-refractivity contribution is 8.27. The third-order valence-electron chi connectivity index (χ3n) is 6.07. The molecular weight excluding hydrogens is 581 g/mol. The maximum Gasteiger partial charge on any atom is 0.326 e. The lowest BCUT2D eigenvalue weighted by atomic mass is 10.1. The van der Waals surface area contributed by atoms with Crippen molar-refractivity contribution in [2.24, 2.45) is 0 Å². The standard InChI is InChI=1S/C30H26N2O4S4/c33-26-24(18-9-15-21-11-3-1-4-12-21)39-29(37)31(26)20-8-7-17-23(28(35)36)32-27(34)25(40-30(32)38)19-10-16-22-13-5-2-6-14-22/h1-6,9-16,18-19,23H,7-8,17,20H2,(H,35,36)/b15-9-,16-10+,24-18+,25-19+. The molecule has 4 rings (SSSR count).